The van der Waals surface area contributed by atoms with Crippen LogP contribution < -0.4 is 21.3 Å². The molecule has 1 aromatic carbocycles. The lowest BCUT2D eigenvalue weighted by atomic mass is 10.1. The van der Waals surface area contributed by atoms with Crippen molar-refractivity contribution < 1.29 is 19.1 Å². The van der Waals surface area contributed by atoms with Crippen LogP contribution in [0.1, 0.15) is 22.8 Å². The average molecular weight is 426 g/mol. The summed E-state index contributed by atoms with van der Waals surface area (Å²) in [7, 11) is 4.18. The molecular weight excluding hydrogens is 404 g/mol. The average Bonchev–Trinajstić information content (AvgIpc) is 2.79. The molecule has 3 rings (SSSR count). The van der Waals surface area contributed by atoms with Crippen LogP contribution in [-0.4, -0.2) is 40.2 Å². The number of rotatable bonds is 6. The number of benzene rings is 1. The number of methoxy groups -OCH3 is 2. The normalized spacial score (nSPS) is 10.7. The van der Waals surface area contributed by atoms with Crippen molar-refractivity contribution in [2.45, 2.75) is 19.9 Å². The maximum atomic E-state index is 13.1. The van der Waals surface area contributed by atoms with E-state index < -0.39 is 29.7 Å². The minimum absolute atomic E-state index is 0.138. The zero-order valence-corrected chi connectivity index (χ0v) is 17.6. The smallest absolute Gasteiger partial charge is 0.337 e. The molecule has 10 nitrogen and oxygen atoms in total. The molecule has 0 radical (unpaired) electrons. The van der Waals surface area contributed by atoms with E-state index in [1.165, 1.54) is 50.1 Å². The monoisotopic (exact) mass is 426 g/mol. The Morgan fingerprint density at radius 1 is 1.13 bits per heavy atom. The molecule has 3 aromatic rings. The number of nitrogens with one attached hydrogen (secondary N) is 1. The summed E-state index contributed by atoms with van der Waals surface area (Å²) < 4.78 is 12.1. The van der Waals surface area contributed by atoms with Crippen LogP contribution in [-0.2, 0) is 29.5 Å². The van der Waals surface area contributed by atoms with Crippen LogP contribution in [0.15, 0.2) is 40.1 Å². The minimum Gasteiger partial charge on any atom is -0.495 e. The first-order valence-electron chi connectivity index (χ1n) is 9.46. The van der Waals surface area contributed by atoms with E-state index in [-0.39, 0.29) is 11.0 Å². The second-order valence-electron chi connectivity index (χ2n) is 6.72. The van der Waals surface area contributed by atoms with Crippen LogP contribution in [0.5, 0.6) is 5.75 Å². The second-order valence-corrected chi connectivity index (χ2v) is 6.72. The number of nitrogens with zero attached hydrogens (tertiary/aromatic N) is 3. The SMILES string of the molecule is CCc1cnc2c(c1OC)c(=O)n(CC(=O)Nc1ccc(C(=O)OC)cc1)c(=O)n2C. The number of hydrogen-bond acceptors (Lipinski definition) is 7. The zero-order chi connectivity index (χ0) is 22.7. The van der Waals surface area contributed by atoms with Crippen LogP contribution in [0, 0.1) is 0 Å². The molecule has 0 unspecified atom stereocenters. The van der Waals surface area contributed by atoms with Gasteiger partial charge >= 0.3 is 11.7 Å². The largest absolute Gasteiger partial charge is 0.495 e. The van der Waals surface area contributed by atoms with Crippen LogP contribution in [0.4, 0.5) is 5.69 Å². The van der Waals surface area contributed by atoms with Gasteiger partial charge in [-0.2, -0.15) is 0 Å². The Morgan fingerprint density at radius 3 is 2.39 bits per heavy atom. The van der Waals surface area contributed by atoms with Gasteiger partial charge in [0.2, 0.25) is 5.91 Å². The van der Waals surface area contributed by atoms with Gasteiger partial charge < -0.3 is 14.8 Å². The van der Waals surface area contributed by atoms with E-state index in [1.807, 2.05) is 6.92 Å². The van der Waals surface area contributed by atoms with Gasteiger partial charge in [-0.3, -0.25) is 14.2 Å². The Balaban J connectivity index is 1.97. The third-order valence-electron chi connectivity index (χ3n) is 4.86. The fourth-order valence-electron chi connectivity index (χ4n) is 3.24. The van der Waals surface area contributed by atoms with Crippen LogP contribution >= 0.6 is 0 Å². The highest BCUT2D eigenvalue weighted by atomic mass is 16.5. The Labute approximate surface area is 177 Å². The first-order chi connectivity index (χ1) is 14.8. The molecule has 0 aliphatic carbocycles. The van der Waals surface area contributed by atoms with Crippen LogP contribution in [0.2, 0.25) is 0 Å². The molecule has 0 bridgehead atoms. The maximum Gasteiger partial charge on any atom is 0.337 e. The van der Waals surface area contributed by atoms with Crippen molar-refractivity contribution in [1.82, 2.24) is 14.1 Å². The Morgan fingerprint density at radius 2 is 1.81 bits per heavy atom. The van der Waals surface area contributed by atoms with E-state index in [0.29, 0.717) is 29.0 Å². The second kappa shape index (κ2) is 8.82. The Kier molecular flexibility index (Phi) is 6.19. The maximum absolute atomic E-state index is 13.1. The molecule has 2 aromatic heterocycles. The van der Waals surface area contributed by atoms with Crippen molar-refractivity contribution in [3.8, 4) is 5.75 Å². The summed E-state index contributed by atoms with van der Waals surface area (Å²) >= 11 is 0. The summed E-state index contributed by atoms with van der Waals surface area (Å²) in [6, 6.07) is 6.02. The number of carbonyl (C=O) groups is 2. The number of esters is 1. The number of pyridine rings is 1. The van der Waals surface area contributed by atoms with Crippen LogP contribution in [0.25, 0.3) is 11.0 Å². The number of aryl methyl sites for hydroxylation is 2. The molecule has 10 heteroatoms. The number of fused-ring (bicyclic) bond motifs is 1. The molecule has 162 valence electrons. The van der Waals surface area contributed by atoms with Gasteiger partial charge in [-0.05, 0) is 30.7 Å². The van der Waals surface area contributed by atoms with Crippen molar-refractivity contribution in [3.05, 3.63) is 62.4 Å². The fraction of sp³-hybridized carbons (Fsp3) is 0.286. The molecular formula is C21H22N4O6. The van der Waals surface area contributed by atoms with Gasteiger partial charge in [0, 0.05) is 24.5 Å². The Bertz CT molecular complexity index is 1270. The van der Waals surface area contributed by atoms with Gasteiger partial charge in [0.1, 0.15) is 17.7 Å². The van der Waals surface area contributed by atoms with Gasteiger partial charge in [0.25, 0.3) is 5.56 Å². The predicted molar refractivity (Wildman–Crippen MR) is 114 cm³/mol. The summed E-state index contributed by atoms with van der Waals surface area (Å²) in [5, 5.41) is 2.74. The van der Waals surface area contributed by atoms with Crippen molar-refractivity contribution in [2.75, 3.05) is 19.5 Å². The predicted octanol–water partition coefficient (Wildman–Crippen LogP) is 1.09. The summed E-state index contributed by atoms with van der Waals surface area (Å²) in [4.78, 5) is 54.1. The lowest BCUT2D eigenvalue weighted by Gasteiger charge is -2.14. The molecule has 0 fully saturated rings. The van der Waals surface area contributed by atoms with Crippen molar-refractivity contribution in [3.63, 3.8) is 0 Å². The third-order valence-corrected chi connectivity index (χ3v) is 4.86. The quantitative estimate of drug-likeness (QED) is 0.586. The molecule has 2 heterocycles. The zero-order valence-electron chi connectivity index (χ0n) is 17.6. The summed E-state index contributed by atoms with van der Waals surface area (Å²) in [6.07, 6.45) is 2.14. The number of anilines is 1. The number of aromatic nitrogens is 3. The van der Waals surface area contributed by atoms with E-state index >= 15 is 0 Å². The van der Waals surface area contributed by atoms with Crippen LogP contribution in [0.3, 0.4) is 0 Å². The van der Waals surface area contributed by atoms with E-state index in [1.54, 1.807) is 6.20 Å². The van der Waals surface area contributed by atoms with Crippen molar-refractivity contribution in [1.29, 1.82) is 0 Å². The molecule has 0 spiro atoms. The van der Waals surface area contributed by atoms with E-state index in [0.717, 1.165) is 4.57 Å². The molecule has 0 atom stereocenters. The van der Waals surface area contributed by atoms with Crippen molar-refractivity contribution >= 4 is 28.6 Å². The summed E-state index contributed by atoms with van der Waals surface area (Å²) in [6.45, 7) is 1.39. The van der Waals surface area contributed by atoms with Gasteiger partial charge in [0.05, 0.1) is 19.8 Å². The van der Waals surface area contributed by atoms with Gasteiger partial charge in [0.15, 0.2) is 5.65 Å². The number of ether oxygens (including phenoxy) is 2. The van der Waals surface area contributed by atoms with Crippen molar-refractivity contribution in [2.24, 2.45) is 7.05 Å². The molecule has 0 aliphatic rings. The van der Waals surface area contributed by atoms with Gasteiger partial charge in [-0.15, -0.1) is 0 Å². The first-order valence-corrected chi connectivity index (χ1v) is 9.46. The molecule has 1 N–H and O–H groups in total. The first kappa shape index (κ1) is 21.8. The fourth-order valence-corrected chi connectivity index (χ4v) is 3.24. The number of carbonyl (C=O) groups excluding carboxylic acids is 2. The van der Waals surface area contributed by atoms with E-state index in [4.69, 9.17) is 4.74 Å². The highest BCUT2D eigenvalue weighted by molar-refractivity contribution is 5.93. The third kappa shape index (κ3) is 4.04. The molecule has 1 amide bonds. The van der Waals surface area contributed by atoms with E-state index in [9.17, 15) is 19.2 Å². The summed E-state index contributed by atoms with van der Waals surface area (Å²) in [5.74, 6) is -0.748. The number of hydrogen-bond donors (Lipinski definition) is 1. The van der Waals surface area contributed by atoms with E-state index in [2.05, 4.69) is 15.0 Å². The number of amides is 1. The molecule has 0 aliphatic heterocycles. The summed E-state index contributed by atoms with van der Waals surface area (Å²) in [5.41, 5.74) is 0.287. The van der Waals surface area contributed by atoms with Gasteiger partial charge in [-0.1, -0.05) is 6.92 Å². The van der Waals surface area contributed by atoms with Gasteiger partial charge in [-0.25, -0.2) is 19.1 Å². The minimum atomic E-state index is -0.674. The molecule has 0 saturated carbocycles. The lowest BCUT2D eigenvalue weighted by molar-refractivity contribution is -0.116. The lowest BCUT2D eigenvalue weighted by Crippen LogP contribution is -2.42. The molecule has 31 heavy (non-hydrogen) atoms. The topological polar surface area (TPSA) is 122 Å². The highest BCUT2D eigenvalue weighted by Gasteiger charge is 2.20. The Hall–Kier alpha value is -3.95. The highest BCUT2D eigenvalue weighted by Crippen LogP contribution is 2.25. The molecule has 0 saturated heterocycles. The standard InChI is InChI=1S/C21H22N4O6/c1-5-12-10-22-18-16(17(12)30-3)19(27)25(21(29)24(18)2)11-15(26)23-14-8-6-13(7-9-14)20(28)31-4/h6-10H,5,11H2,1-4H3,(H,23,26).